The van der Waals surface area contributed by atoms with Crippen molar-refractivity contribution in [2.45, 2.75) is 53.6 Å². The Balaban J connectivity index is 2.26. The minimum Gasteiger partial charge on any atom is -0.350 e. The summed E-state index contributed by atoms with van der Waals surface area (Å²) in [7, 11) is 0. The zero-order chi connectivity index (χ0) is 18.3. The van der Waals surface area contributed by atoms with Crippen LogP contribution in [0.4, 0.5) is 0 Å². The predicted octanol–water partition coefficient (Wildman–Crippen LogP) is 4.50. The van der Waals surface area contributed by atoms with Crippen molar-refractivity contribution in [3.63, 3.8) is 0 Å². The van der Waals surface area contributed by atoms with E-state index in [0.717, 1.165) is 22.3 Å². The Hall–Kier alpha value is -2.21. The number of aryl methyl sites for hydroxylation is 2. The molecule has 5 nitrogen and oxygen atoms in total. The van der Waals surface area contributed by atoms with Crippen molar-refractivity contribution in [1.29, 1.82) is 0 Å². The molecule has 0 aromatic carbocycles. The van der Waals surface area contributed by atoms with Crippen LogP contribution in [0, 0.1) is 13.8 Å². The minimum absolute atomic E-state index is 0.0736. The quantitative estimate of drug-likeness (QED) is 0.749. The maximum absolute atomic E-state index is 12.7. The van der Waals surface area contributed by atoms with Crippen molar-refractivity contribution in [1.82, 2.24) is 20.1 Å². The Bertz CT molecular complexity index is 936. The molecule has 0 spiro atoms. The molecule has 6 heteroatoms. The van der Waals surface area contributed by atoms with Gasteiger partial charge in [-0.2, -0.15) is 5.10 Å². The van der Waals surface area contributed by atoms with Gasteiger partial charge in [0, 0.05) is 27.4 Å². The smallest absolute Gasteiger partial charge is 0.252 e. The Morgan fingerprint density at radius 1 is 1.20 bits per heavy atom. The third kappa shape index (κ3) is 3.31. The van der Waals surface area contributed by atoms with Crippen molar-refractivity contribution in [2.75, 3.05) is 0 Å². The molecule has 0 aliphatic carbocycles. The van der Waals surface area contributed by atoms with Crippen molar-refractivity contribution in [2.24, 2.45) is 0 Å². The van der Waals surface area contributed by atoms with E-state index < -0.39 is 0 Å². The summed E-state index contributed by atoms with van der Waals surface area (Å²) >= 11 is 1.74. The summed E-state index contributed by atoms with van der Waals surface area (Å²) in [6.45, 7) is 12.2. The van der Waals surface area contributed by atoms with Gasteiger partial charge in [0.2, 0.25) is 0 Å². The zero-order valence-corrected chi connectivity index (χ0v) is 16.4. The number of fused-ring (bicyclic) bond motifs is 1. The SMILES string of the molecule is Cc1cc(-c2cc(C(=O)NC(C)C)c3cnn(C(C)C)c3n2)c(C)s1. The molecule has 0 radical (unpaired) electrons. The Morgan fingerprint density at radius 2 is 1.92 bits per heavy atom. The van der Waals surface area contributed by atoms with Crippen molar-refractivity contribution >= 4 is 28.3 Å². The molecule has 0 fully saturated rings. The van der Waals surface area contributed by atoms with E-state index in [1.54, 1.807) is 17.5 Å². The number of aromatic nitrogens is 3. The molecule has 25 heavy (non-hydrogen) atoms. The number of carbonyl (C=O) groups is 1. The monoisotopic (exact) mass is 356 g/mol. The average molecular weight is 356 g/mol. The summed E-state index contributed by atoms with van der Waals surface area (Å²) in [6.07, 6.45) is 1.74. The molecule has 0 aliphatic rings. The lowest BCUT2D eigenvalue weighted by atomic mass is 10.1. The summed E-state index contributed by atoms with van der Waals surface area (Å²) in [4.78, 5) is 20.0. The second-order valence-electron chi connectivity index (χ2n) is 6.93. The fourth-order valence-corrected chi connectivity index (χ4v) is 3.88. The van der Waals surface area contributed by atoms with Crippen LogP contribution in [0.25, 0.3) is 22.3 Å². The fourth-order valence-electron chi connectivity index (χ4n) is 2.95. The molecule has 0 bridgehead atoms. The highest BCUT2D eigenvalue weighted by atomic mass is 32.1. The molecule has 1 amide bonds. The van der Waals surface area contributed by atoms with E-state index in [4.69, 9.17) is 4.98 Å². The molecular formula is C19H24N4OS. The van der Waals surface area contributed by atoms with E-state index in [1.807, 2.05) is 24.6 Å². The average Bonchev–Trinajstić information content (AvgIpc) is 3.08. The topological polar surface area (TPSA) is 59.8 Å². The van der Waals surface area contributed by atoms with Gasteiger partial charge in [-0.1, -0.05) is 0 Å². The predicted molar refractivity (Wildman–Crippen MR) is 103 cm³/mol. The van der Waals surface area contributed by atoms with Gasteiger partial charge < -0.3 is 5.32 Å². The van der Waals surface area contributed by atoms with Crippen LogP contribution in [0.5, 0.6) is 0 Å². The molecule has 132 valence electrons. The zero-order valence-electron chi connectivity index (χ0n) is 15.5. The van der Waals surface area contributed by atoms with Crippen LogP contribution in [0.3, 0.4) is 0 Å². The van der Waals surface area contributed by atoms with Crippen LogP contribution in [-0.2, 0) is 0 Å². The largest absolute Gasteiger partial charge is 0.350 e. The number of hydrogen-bond acceptors (Lipinski definition) is 4. The standard InChI is InChI=1S/C19H24N4OS/c1-10(2)21-19(24)15-8-17(14-7-12(5)25-13(14)6)22-18-16(15)9-20-23(18)11(3)4/h7-11H,1-6H3,(H,21,24). The summed E-state index contributed by atoms with van der Waals surface area (Å²) in [5.41, 5.74) is 3.29. The Morgan fingerprint density at radius 3 is 2.48 bits per heavy atom. The minimum atomic E-state index is -0.0865. The summed E-state index contributed by atoms with van der Waals surface area (Å²) < 4.78 is 1.87. The highest BCUT2D eigenvalue weighted by Crippen LogP contribution is 2.32. The highest BCUT2D eigenvalue weighted by molar-refractivity contribution is 7.12. The van der Waals surface area contributed by atoms with Gasteiger partial charge in [0.25, 0.3) is 5.91 Å². The van der Waals surface area contributed by atoms with Crippen LogP contribution in [0.15, 0.2) is 18.3 Å². The van der Waals surface area contributed by atoms with E-state index >= 15 is 0 Å². The molecule has 0 saturated heterocycles. The van der Waals surface area contributed by atoms with E-state index in [-0.39, 0.29) is 18.0 Å². The van der Waals surface area contributed by atoms with Gasteiger partial charge in [-0.15, -0.1) is 11.3 Å². The van der Waals surface area contributed by atoms with Gasteiger partial charge in [0.15, 0.2) is 5.65 Å². The number of pyridine rings is 1. The second-order valence-corrected chi connectivity index (χ2v) is 8.39. The Labute approximate surface area is 152 Å². The lowest BCUT2D eigenvalue weighted by molar-refractivity contribution is 0.0944. The third-order valence-electron chi connectivity index (χ3n) is 4.04. The number of amides is 1. The van der Waals surface area contributed by atoms with E-state index in [1.165, 1.54) is 9.75 Å². The summed E-state index contributed by atoms with van der Waals surface area (Å²) in [6, 6.07) is 4.27. The third-order valence-corrected chi connectivity index (χ3v) is 5.00. The molecule has 3 aromatic rings. The van der Waals surface area contributed by atoms with Gasteiger partial charge >= 0.3 is 0 Å². The molecule has 3 aromatic heterocycles. The first-order valence-corrected chi connectivity index (χ1v) is 9.36. The molecule has 1 N–H and O–H groups in total. The van der Waals surface area contributed by atoms with Crippen molar-refractivity contribution in [3.8, 4) is 11.3 Å². The summed E-state index contributed by atoms with van der Waals surface area (Å²) in [5.74, 6) is -0.0865. The van der Waals surface area contributed by atoms with E-state index in [9.17, 15) is 4.79 Å². The van der Waals surface area contributed by atoms with Crippen LogP contribution in [0.2, 0.25) is 0 Å². The molecular weight excluding hydrogens is 332 g/mol. The number of hydrogen-bond donors (Lipinski definition) is 1. The molecule has 3 heterocycles. The van der Waals surface area contributed by atoms with Gasteiger partial charge in [-0.25, -0.2) is 9.67 Å². The first-order valence-electron chi connectivity index (χ1n) is 8.54. The van der Waals surface area contributed by atoms with Gasteiger partial charge in [0.1, 0.15) is 0 Å². The molecule has 0 saturated carbocycles. The lowest BCUT2D eigenvalue weighted by Crippen LogP contribution is -2.30. The second kappa shape index (κ2) is 6.59. The highest BCUT2D eigenvalue weighted by Gasteiger charge is 2.20. The number of nitrogens with zero attached hydrogens (tertiary/aromatic N) is 3. The maximum atomic E-state index is 12.7. The van der Waals surface area contributed by atoms with Gasteiger partial charge in [-0.05, 0) is 53.7 Å². The van der Waals surface area contributed by atoms with Crippen molar-refractivity contribution < 1.29 is 4.79 Å². The molecule has 0 unspecified atom stereocenters. The van der Waals surface area contributed by atoms with E-state index in [0.29, 0.717) is 5.56 Å². The van der Waals surface area contributed by atoms with Crippen molar-refractivity contribution in [3.05, 3.63) is 33.6 Å². The van der Waals surface area contributed by atoms with Crippen LogP contribution in [0.1, 0.15) is 53.8 Å². The molecule has 3 rings (SSSR count). The number of carbonyl (C=O) groups excluding carboxylic acids is 1. The first-order chi connectivity index (χ1) is 11.8. The number of rotatable bonds is 4. The Kier molecular flexibility index (Phi) is 4.64. The molecule has 0 aliphatic heterocycles. The summed E-state index contributed by atoms with van der Waals surface area (Å²) in [5, 5.41) is 8.24. The van der Waals surface area contributed by atoms with Gasteiger partial charge in [0.05, 0.1) is 22.8 Å². The number of thiophene rings is 1. The molecule has 0 atom stereocenters. The normalized spacial score (nSPS) is 11.7. The van der Waals surface area contributed by atoms with Crippen LogP contribution < -0.4 is 5.32 Å². The first kappa shape index (κ1) is 17.6. The maximum Gasteiger partial charge on any atom is 0.252 e. The van der Waals surface area contributed by atoms with Crippen LogP contribution in [-0.4, -0.2) is 26.7 Å². The van der Waals surface area contributed by atoms with Crippen LogP contribution >= 0.6 is 11.3 Å². The lowest BCUT2D eigenvalue weighted by Gasteiger charge is -2.12. The number of nitrogens with one attached hydrogen (secondary N) is 1. The fraction of sp³-hybridized carbons (Fsp3) is 0.421. The van der Waals surface area contributed by atoms with E-state index in [2.05, 4.69) is 44.2 Å². The van der Waals surface area contributed by atoms with Gasteiger partial charge in [-0.3, -0.25) is 4.79 Å².